The van der Waals surface area contributed by atoms with Gasteiger partial charge in [0.15, 0.2) is 6.10 Å². The van der Waals surface area contributed by atoms with Gasteiger partial charge in [0.1, 0.15) is 13.2 Å². The van der Waals surface area contributed by atoms with E-state index in [4.69, 9.17) is 14.2 Å². The van der Waals surface area contributed by atoms with Gasteiger partial charge < -0.3 is 14.2 Å². The Morgan fingerprint density at radius 3 is 0.488 bits per heavy atom. The number of ether oxygens (including phenoxy) is 3. The lowest BCUT2D eigenvalue weighted by atomic mass is 10.0. The maximum Gasteiger partial charge on any atom is 0.306 e. The average molecular weight is 1160 g/mol. The molecule has 6 heteroatoms. The third kappa shape index (κ3) is 69.2. The highest BCUT2D eigenvalue weighted by molar-refractivity contribution is 5.71. The molecule has 0 fully saturated rings. The van der Waals surface area contributed by atoms with E-state index in [0.717, 1.165) is 57.8 Å². The number of hydrogen-bond acceptors (Lipinski definition) is 6. The highest BCUT2D eigenvalue weighted by atomic mass is 16.6. The van der Waals surface area contributed by atoms with E-state index in [2.05, 4.69) is 20.8 Å². The molecule has 0 radical (unpaired) electrons. The van der Waals surface area contributed by atoms with Gasteiger partial charge in [0.05, 0.1) is 0 Å². The van der Waals surface area contributed by atoms with Crippen molar-refractivity contribution >= 4 is 17.9 Å². The molecule has 0 N–H and O–H groups in total. The SMILES string of the molecule is CCCCCCCCCCCCCCCCCCCCCCCCCCCC(=O)OCC(COC(=O)CCCCCCCCCCCCCCCCCCCC)OC(=O)CCCCCCCCCCCCCCCCCCCCCCC. The molecule has 0 aliphatic heterocycles. The van der Waals surface area contributed by atoms with E-state index in [-0.39, 0.29) is 31.1 Å². The van der Waals surface area contributed by atoms with Crippen molar-refractivity contribution in [2.75, 3.05) is 13.2 Å². The molecule has 1 unspecified atom stereocenters. The Bertz CT molecular complexity index is 1240. The lowest BCUT2D eigenvalue weighted by Gasteiger charge is -2.18. The molecule has 0 aliphatic rings. The van der Waals surface area contributed by atoms with Gasteiger partial charge in [-0.15, -0.1) is 0 Å². The van der Waals surface area contributed by atoms with Crippen LogP contribution in [0, 0.1) is 0 Å². The zero-order chi connectivity index (χ0) is 59.2. The summed E-state index contributed by atoms with van der Waals surface area (Å²) >= 11 is 0. The predicted molar refractivity (Wildman–Crippen MR) is 358 cm³/mol. The van der Waals surface area contributed by atoms with Crippen LogP contribution < -0.4 is 0 Å². The van der Waals surface area contributed by atoms with Crippen LogP contribution in [0.2, 0.25) is 0 Å². The zero-order valence-corrected chi connectivity index (χ0v) is 56.3. The van der Waals surface area contributed by atoms with Gasteiger partial charge in [-0.2, -0.15) is 0 Å². The monoisotopic (exact) mass is 1160 g/mol. The highest BCUT2D eigenvalue weighted by Gasteiger charge is 2.20. The summed E-state index contributed by atoms with van der Waals surface area (Å²) in [6.07, 6.45) is 85.8. The molecule has 488 valence electrons. The van der Waals surface area contributed by atoms with Crippen LogP contribution in [0.1, 0.15) is 451 Å². The van der Waals surface area contributed by atoms with Crippen molar-refractivity contribution in [3.05, 3.63) is 0 Å². The van der Waals surface area contributed by atoms with Gasteiger partial charge in [-0.05, 0) is 19.3 Å². The Labute approximate surface area is 514 Å². The number of rotatable bonds is 72. The van der Waals surface area contributed by atoms with E-state index in [0.29, 0.717) is 19.3 Å². The molecular formula is C76H148O6. The van der Waals surface area contributed by atoms with Crippen LogP contribution in [0.3, 0.4) is 0 Å². The molecule has 0 aromatic carbocycles. The predicted octanol–water partition coefficient (Wildman–Crippen LogP) is 26.2. The fourth-order valence-electron chi connectivity index (χ4n) is 12.2. The van der Waals surface area contributed by atoms with Crippen LogP contribution >= 0.6 is 0 Å². The summed E-state index contributed by atoms with van der Waals surface area (Å²) in [5.74, 6) is -0.813. The molecule has 1 atom stereocenters. The Morgan fingerprint density at radius 2 is 0.329 bits per heavy atom. The van der Waals surface area contributed by atoms with Gasteiger partial charge in [0, 0.05) is 19.3 Å². The van der Waals surface area contributed by atoms with Crippen molar-refractivity contribution in [3.8, 4) is 0 Å². The van der Waals surface area contributed by atoms with Crippen LogP contribution in [-0.2, 0) is 28.6 Å². The summed E-state index contributed by atoms with van der Waals surface area (Å²) in [4.78, 5) is 38.6. The van der Waals surface area contributed by atoms with Crippen LogP contribution in [0.5, 0.6) is 0 Å². The first-order valence-corrected chi connectivity index (χ1v) is 38.0. The summed E-state index contributed by atoms with van der Waals surface area (Å²) < 4.78 is 17.1. The maximum atomic E-state index is 13.0. The Hall–Kier alpha value is -1.59. The largest absolute Gasteiger partial charge is 0.462 e. The molecule has 0 aromatic heterocycles. The lowest BCUT2D eigenvalue weighted by molar-refractivity contribution is -0.167. The minimum atomic E-state index is -0.764. The van der Waals surface area contributed by atoms with E-state index < -0.39 is 6.10 Å². The van der Waals surface area contributed by atoms with Crippen molar-refractivity contribution in [1.82, 2.24) is 0 Å². The molecule has 0 saturated carbocycles. The normalized spacial score (nSPS) is 11.9. The van der Waals surface area contributed by atoms with Crippen molar-refractivity contribution in [1.29, 1.82) is 0 Å². The molecule has 0 rings (SSSR count). The van der Waals surface area contributed by atoms with Crippen molar-refractivity contribution in [2.24, 2.45) is 0 Å². The minimum absolute atomic E-state index is 0.0597. The first-order valence-electron chi connectivity index (χ1n) is 38.0. The van der Waals surface area contributed by atoms with Crippen molar-refractivity contribution in [3.63, 3.8) is 0 Å². The van der Waals surface area contributed by atoms with E-state index in [1.807, 2.05) is 0 Å². The standard InChI is InChI=1S/C76H148O6/c1-4-7-10-13-16-19-22-25-28-31-34-36-37-38-39-41-42-45-48-51-54-57-60-63-66-69-75(78)81-72-73(71-80-74(77)68-65-62-59-56-53-50-47-44-33-30-27-24-21-18-15-12-9-6-3)82-76(79)70-67-64-61-58-55-52-49-46-43-40-35-32-29-26-23-20-17-14-11-8-5-2/h73H,4-72H2,1-3H3. The van der Waals surface area contributed by atoms with Gasteiger partial charge in [-0.3, -0.25) is 14.4 Å². The molecule has 0 spiro atoms. The molecule has 0 saturated heterocycles. The molecule has 0 bridgehead atoms. The zero-order valence-electron chi connectivity index (χ0n) is 56.3. The lowest BCUT2D eigenvalue weighted by Crippen LogP contribution is -2.30. The molecule has 82 heavy (non-hydrogen) atoms. The van der Waals surface area contributed by atoms with Crippen molar-refractivity contribution < 1.29 is 28.6 Å². The first-order chi connectivity index (χ1) is 40.5. The topological polar surface area (TPSA) is 78.9 Å². The summed E-state index contributed by atoms with van der Waals surface area (Å²) in [6, 6.07) is 0. The van der Waals surface area contributed by atoms with Crippen LogP contribution in [0.4, 0.5) is 0 Å². The number of carbonyl (C=O) groups is 3. The second-order valence-electron chi connectivity index (χ2n) is 26.3. The number of hydrogen-bond donors (Lipinski definition) is 0. The number of carbonyl (C=O) groups excluding carboxylic acids is 3. The number of unbranched alkanes of at least 4 members (excludes halogenated alkanes) is 61. The molecule has 6 nitrogen and oxygen atoms in total. The smallest absolute Gasteiger partial charge is 0.306 e. The van der Waals surface area contributed by atoms with Crippen LogP contribution in [-0.4, -0.2) is 37.2 Å². The Kier molecular flexibility index (Phi) is 70.5. The number of esters is 3. The first kappa shape index (κ1) is 80.4. The Morgan fingerprint density at radius 1 is 0.195 bits per heavy atom. The van der Waals surface area contributed by atoms with Gasteiger partial charge in [0.25, 0.3) is 0 Å². The quantitative estimate of drug-likeness (QED) is 0.0343. The molecule has 0 amide bonds. The van der Waals surface area contributed by atoms with E-state index >= 15 is 0 Å². The summed E-state index contributed by atoms with van der Waals surface area (Å²) in [5, 5.41) is 0. The second-order valence-corrected chi connectivity index (χ2v) is 26.3. The third-order valence-electron chi connectivity index (χ3n) is 17.9. The van der Waals surface area contributed by atoms with Gasteiger partial charge in [0.2, 0.25) is 0 Å². The third-order valence-corrected chi connectivity index (χ3v) is 17.9. The Balaban J connectivity index is 4.24. The molecular weight excluding hydrogens is 1010 g/mol. The van der Waals surface area contributed by atoms with Gasteiger partial charge >= 0.3 is 17.9 Å². The fourth-order valence-corrected chi connectivity index (χ4v) is 12.2. The van der Waals surface area contributed by atoms with Crippen LogP contribution in [0.25, 0.3) is 0 Å². The minimum Gasteiger partial charge on any atom is -0.462 e. The summed E-state index contributed by atoms with van der Waals surface area (Å²) in [6.45, 7) is 6.76. The van der Waals surface area contributed by atoms with Gasteiger partial charge in [-0.1, -0.05) is 412 Å². The summed E-state index contributed by atoms with van der Waals surface area (Å²) in [5.41, 5.74) is 0. The van der Waals surface area contributed by atoms with Crippen LogP contribution in [0.15, 0.2) is 0 Å². The second kappa shape index (κ2) is 71.9. The highest BCUT2D eigenvalue weighted by Crippen LogP contribution is 2.20. The average Bonchev–Trinajstić information content (AvgIpc) is 3.47. The van der Waals surface area contributed by atoms with E-state index in [1.54, 1.807) is 0 Å². The van der Waals surface area contributed by atoms with E-state index in [9.17, 15) is 14.4 Å². The van der Waals surface area contributed by atoms with Crippen molar-refractivity contribution in [2.45, 2.75) is 457 Å². The molecule has 0 heterocycles. The molecule has 0 aliphatic carbocycles. The molecule has 0 aromatic rings. The maximum absolute atomic E-state index is 13.0. The summed E-state index contributed by atoms with van der Waals surface area (Å²) in [7, 11) is 0. The fraction of sp³-hybridized carbons (Fsp3) is 0.961. The van der Waals surface area contributed by atoms with E-state index in [1.165, 1.54) is 353 Å². The van der Waals surface area contributed by atoms with Gasteiger partial charge in [-0.25, -0.2) is 0 Å².